The molecule has 0 saturated carbocycles. The van der Waals surface area contributed by atoms with E-state index in [1.807, 2.05) is 18.2 Å². The molecular formula is C24H18O2. The molecule has 3 aromatic carbocycles. The third kappa shape index (κ3) is 2.33. The zero-order chi connectivity index (χ0) is 17.7. The molecule has 0 fully saturated rings. The maximum atomic E-state index is 12.3. The van der Waals surface area contributed by atoms with E-state index in [1.54, 1.807) is 0 Å². The van der Waals surface area contributed by atoms with Gasteiger partial charge >= 0.3 is 0 Å². The van der Waals surface area contributed by atoms with Gasteiger partial charge in [-0.1, -0.05) is 42.5 Å². The summed E-state index contributed by atoms with van der Waals surface area (Å²) in [7, 11) is 0. The molecule has 126 valence electrons. The zero-order valence-corrected chi connectivity index (χ0v) is 14.4. The van der Waals surface area contributed by atoms with Gasteiger partial charge in [0.15, 0.2) is 0 Å². The number of benzene rings is 3. The van der Waals surface area contributed by atoms with Crippen LogP contribution < -0.4 is 0 Å². The van der Waals surface area contributed by atoms with Gasteiger partial charge in [-0.3, -0.25) is 9.59 Å². The molecule has 2 nitrogen and oxygen atoms in total. The minimum absolute atomic E-state index is 0.392. The number of allylic oxidation sites excluding steroid dienone is 1. The van der Waals surface area contributed by atoms with E-state index >= 15 is 0 Å². The number of aryl methyl sites for hydroxylation is 4. The number of rotatable bonds is 0. The van der Waals surface area contributed by atoms with Gasteiger partial charge in [0, 0.05) is 5.56 Å². The number of Topliss-reactive ketones (excluding diaryl/α,β-unsaturated/α-hetero) is 1. The maximum absolute atomic E-state index is 12.3. The first-order chi connectivity index (χ1) is 12.7. The lowest BCUT2D eigenvalue weighted by atomic mass is 9.84. The molecule has 0 spiro atoms. The normalized spacial score (nSPS) is 15.8. The zero-order valence-electron chi connectivity index (χ0n) is 14.4. The van der Waals surface area contributed by atoms with Crippen molar-refractivity contribution in [1.29, 1.82) is 0 Å². The highest BCUT2D eigenvalue weighted by Gasteiger charge is 2.24. The highest BCUT2D eigenvalue weighted by molar-refractivity contribution is 6.50. The first-order valence-corrected chi connectivity index (χ1v) is 9.13. The van der Waals surface area contributed by atoms with Crippen molar-refractivity contribution in [1.82, 2.24) is 0 Å². The highest BCUT2D eigenvalue weighted by atomic mass is 16.2. The minimum Gasteiger partial charge on any atom is -0.286 e. The van der Waals surface area contributed by atoms with E-state index in [0.29, 0.717) is 5.56 Å². The Morgan fingerprint density at radius 3 is 2.00 bits per heavy atom. The quantitative estimate of drug-likeness (QED) is 0.566. The van der Waals surface area contributed by atoms with Gasteiger partial charge in [-0.05, 0) is 82.5 Å². The molecule has 0 atom stereocenters. The van der Waals surface area contributed by atoms with E-state index in [1.165, 1.54) is 33.7 Å². The second kappa shape index (κ2) is 5.77. The Balaban J connectivity index is 1.77. The summed E-state index contributed by atoms with van der Waals surface area (Å²) in [5.41, 5.74) is 6.68. The molecule has 0 radical (unpaired) electrons. The molecule has 0 saturated heterocycles. The van der Waals surface area contributed by atoms with E-state index < -0.39 is 11.6 Å². The summed E-state index contributed by atoms with van der Waals surface area (Å²) in [4.78, 5) is 24.1. The molecular weight excluding hydrogens is 320 g/mol. The summed E-state index contributed by atoms with van der Waals surface area (Å²) in [5, 5.41) is 2.36. The Bertz CT molecular complexity index is 1100. The van der Waals surface area contributed by atoms with E-state index in [2.05, 4.69) is 36.4 Å². The molecule has 0 N–H and O–H groups in total. The van der Waals surface area contributed by atoms with Crippen LogP contribution in [-0.2, 0) is 30.5 Å². The van der Waals surface area contributed by atoms with Crippen LogP contribution in [0.3, 0.4) is 0 Å². The molecule has 0 unspecified atom stereocenters. The van der Waals surface area contributed by atoms with Crippen molar-refractivity contribution in [2.75, 3.05) is 0 Å². The molecule has 0 heterocycles. The van der Waals surface area contributed by atoms with Crippen LogP contribution >= 0.6 is 0 Å². The predicted molar refractivity (Wildman–Crippen MR) is 104 cm³/mol. The van der Waals surface area contributed by atoms with Crippen molar-refractivity contribution in [3.8, 4) is 0 Å². The number of fused-ring (bicyclic) bond motifs is 1. The predicted octanol–water partition coefficient (Wildman–Crippen LogP) is 4.50. The van der Waals surface area contributed by atoms with Crippen LogP contribution in [0.25, 0.3) is 16.8 Å². The third-order valence-corrected chi connectivity index (χ3v) is 5.66. The first-order valence-electron chi connectivity index (χ1n) is 9.13. The van der Waals surface area contributed by atoms with Gasteiger partial charge in [-0.15, -0.1) is 0 Å². The fourth-order valence-electron chi connectivity index (χ4n) is 4.20. The number of carbonyl (C=O) groups is 2. The molecule has 0 aromatic heterocycles. The van der Waals surface area contributed by atoms with Crippen molar-refractivity contribution < 1.29 is 9.59 Å². The lowest BCUT2D eigenvalue weighted by Gasteiger charge is -2.19. The van der Waals surface area contributed by atoms with Crippen LogP contribution in [-0.4, -0.2) is 11.6 Å². The average Bonchev–Trinajstić information content (AvgIpc) is 2.66. The fraction of sp³-hybridized carbons (Fsp3) is 0.167. The summed E-state index contributed by atoms with van der Waals surface area (Å²) in [5.74, 6) is -0.819. The van der Waals surface area contributed by atoms with Crippen molar-refractivity contribution in [2.45, 2.75) is 25.7 Å². The Kier molecular flexibility index (Phi) is 3.39. The topological polar surface area (TPSA) is 34.1 Å². The lowest BCUT2D eigenvalue weighted by molar-refractivity contribution is -0.110. The Hall–Kier alpha value is -3.00. The molecule has 0 amide bonds. The van der Waals surface area contributed by atoms with Crippen molar-refractivity contribution in [3.05, 3.63) is 88.0 Å². The summed E-state index contributed by atoms with van der Waals surface area (Å²) < 4.78 is 0. The number of hydrogen-bond acceptors (Lipinski definition) is 2. The number of hydrogen-bond donors (Lipinski definition) is 0. The van der Waals surface area contributed by atoms with Crippen molar-refractivity contribution in [3.63, 3.8) is 0 Å². The summed E-state index contributed by atoms with van der Waals surface area (Å²) in [6, 6.07) is 17.2. The van der Waals surface area contributed by atoms with Gasteiger partial charge in [0.2, 0.25) is 11.6 Å². The monoisotopic (exact) mass is 338 g/mol. The Morgan fingerprint density at radius 2 is 1.27 bits per heavy atom. The van der Waals surface area contributed by atoms with E-state index in [-0.39, 0.29) is 0 Å². The van der Waals surface area contributed by atoms with Crippen LogP contribution in [0.15, 0.2) is 54.6 Å². The van der Waals surface area contributed by atoms with Crippen molar-refractivity contribution >= 4 is 28.4 Å². The maximum Gasteiger partial charge on any atom is 0.233 e. The lowest BCUT2D eigenvalue weighted by Crippen LogP contribution is -2.16. The Labute approximate surface area is 152 Å². The van der Waals surface area contributed by atoms with Crippen molar-refractivity contribution in [2.24, 2.45) is 0 Å². The minimum atomic E-state index is -0.427. The Morgan fingerprint density at radius 1 is 0.615 bits per heavy atom. The fourth-order valence-corrected chi connectivity index (χ4v) is 4.20. The highest BCUT2D eigenvalue weighted by Crippen LogP contribution is 2.33. The van der Waals surface area contributed by atoms with Crippen LogP contribution in [0.5, 0.6) is 0 Å². The van der Waals surface area contributed by atoms with E-state index in [0.717, 1.165) is 36.6 Å². The van der Waals surface area contributed by atoms with Crippen LogP contribution in [0, 0.1) is 0 Å². The molecule has 4 bridgehead atoms. The second-order valence-electron chi connectivity index (χ2n) is 7.18. The SMILES string of the molecule is O=C1C=Cc2c(ccc3c4ccc(c23)CCc2ccc(cc2)CC4)C1=O. The average molecular weight is 338 g/mol. The molecule has 3 aromatic rings. The summed E-state index contributed by atoms with van der Waals surface area (Å²) in [6.45, 7) is 0. The molecule has 5 aliphatic rings. The van der Waals surface area contributed by atoms with Gasteiger partial charge in [0.05, 0.1) is 0 Å². The smallest absolute Gasteiger partial charge is 0.233 e. The van der Waals surface area contributed by atoms with Gasteiger partial charge in [-0.25, -0.2) is 0 Å². The molecule has 8 rings (SSSR count). The van der Waals surface area contributed by atoms with Gasteiger partial charge in [-0.2, -0.15) is 0 Å². The third-order valence-electron chi connectivity index (χ3n) is 5.66. The standard InChI is InChI=1S/C24H18O2/c25-22-14-13-20-21(24(22)26)12-11-19-17-7-5-15-1-3-16(4-2-15)6-8-18(10-9-17)23(19)20/h1-4,9-14H,5-8H2. The molecule has 2 heteroatoms. The number of carbonyl (C=O) groups excluding carboxylic acids is 2. The molecule has 0 aliphatic heterocycles. The summed E-state index contributed by atoms with van der Waals surface area (Å²) in [6.07, 6.45) is 7.10. The van der Waals surface area contributed by atoms with Gasteiger partial charge < -0.3 is 0 Å². The molecule has 5 aliphatic carbocycles. The number of ketones is 2. The second-order valence-corrected chi connectivity index (χ2v) is 7.18. The van der Waals surface area contributed by atoms with Crippen LogP contribution in [0.2, 0.25) is 0 Å². The molecule has 26 heavy (non-hydrogen) atoms. The van der Waals surface area contributed by atoms with Crippen LogP contribution in [0.1, 0.15) is 38.2 Å². The van der Waals surface area contributed by atoms with Crippen LogP contribution in [0.4, 0.5) is 0 Å². The largest absolute Gasteiger partial charge is 0.286 e. The van der Waals surface area contributed by atoms with Gasteiger partial charge in [0.1, 0.15) is 0 Å². The van der Waals surface area contributed by atoms with Gasteiger partial charge in [0.25, 0.3) is 0 Å². The van der Waals surface area contributed by atoms with E-state index in [9.17, 15) is 9.59 Å². The van der Waals surface area contributed by atoms with E-state index in [4.69, 9.17) is 0 Å². The first kappa shape index (κ1) is 15.3. The summed E-state index contributed by atoms with van der Waals surface area (Å²) >= 11 is 0.